The summed E-state index contributed by atoms with van der Waals surface area (Å²) >= 11 is 1.23. The lowest BCUT2D eigenvalue weighted by Crippen LogP contribution is -2.34. The fourth-order valence-electron chi connectivity index (χ4n) is 4.02. The van der Waals surface area contributed by atoms with Crippen molar-refractivity contribution in [2.45, 2.75) is 51.0 Å². The lowest BCUT2D eigenvalue weighted by molar-refractivity contribution is 0.0985. The Bertz CT molecular complexity index is 1450. The van der Waals surface area contributed by atoms with Crippen LogP contribution in [0.25, 0.3) is 10.2 Å². The quantitative estimate of drug-likeness (QED) is 0.214. The van der Waals surface area contributed by atoms with E-state index in [0.29, 0.717) is 40.5 Å². The number of carbonyl (C=O) groups is 1. The summed E-state index contributed by atoms with van der Waals surface area (Å²) in [6.07, 6.45) is 6.85. The smallest absolute Gasteiger partial charge is 0.260 e. The first kappa shape index (κ1) is 27.9. The third kappa shape index (κ3) is 6.46. The van der Waals surface area contributed by atoms with Gasteiger partial charge in [0.25, 0.3) is 5.91 Å². The summed E-state index contributed by atoms with van der Waals surface area (Å²) in [4.78, 5) is 19.9. The zero-order chi connectivity index (χ0) is 27.1. The van der Waals surface area contributed by atoms with Gasteiger partial charge in [-0.3, -0.25) is 14.4 Å². The van der Waals surface area contributed by atoms with E-state index in [1.807, 2.05) is 13.8 Å². The van der Waals surface area contributed by atoms with Gasteiger partial charge in [-0.1, -0.05) is 38.0 Å². The van der Waals surface area contributed by atoms with Crippen LogP contribution in [0, 0.1) is 5.82 Å². The minimum absolute atomic E-state index is 0.166. The summed E-state index contributed by atoms with van der Waals surface area (Å²) in [6.45, 7) is 5.72. The molecule has 0 saturated heterocycles. The van der Waals surface area contributed by atoms with Crippen molar-refractivity contribution in [2.24, 2.45) is 0 Å². The lowest BCUT2D eigenvalue weighted by Gasteiger charge is -2.22. The average molecular weight is 558 g/mol. The summed E-state index contributed by atoms with van der Waals surface area (Å²) in [5, 5.41) is 4.64. The molecule has 0 aliphatic rings. The van der Waals surface area contributed by atoms with E-state index in [0.717, 1.165) is 25.7 Å². The molecule has 2 aromatic carbocycles. The maximum atomic E-state index is 13.8. The first-order chi connectivity index (χ1) is 18.3. The van der Waals surface area contributed by atoms with Crippen LogP contribution in [0.2, 0.25) is 0 Å². The Labute approximate surface area is 226 Å². The van der Waals surface area contributed by atoms with Gasteiger partial charge < -0.3 is 0 Å². The standard InChI is InChI=1S/C27H32FN5O3S2/c1-3-5-16-32(17-6-4-2)38(35,36)23-11-8-21(9-12-23)26(34)33(19-18-31-15-7-14-29-31)27-30-24-13-10-22(28)20-25(24)37-27/h7-15,20H,3-6,16-19H2,1-2H3. The Morgan fingerprint density at radius 1 is 1.03 bits per heavy atom. The first-order valence-corrected chi connectivity index (χ1v) is 15.0. The van der Waals surface area contributed by atoms with Crippen molar-refractivity contribution in [3.63, 3.8) is 0 Å². The number of thiazole rings is 1. The van der Waals surface area contributed by atoms with Gasteiger partial charge in [0, 0.05) is 37.6 Å². The molecule has 0 N–H and O–H groups in total. The van der Waals surface area contributed by atoms with Crippen LogP contribution in [0.5, 0.6) is 0 Å². The highest BCUT2D eigenvalue weighted by atomic mass is 32.2. The molecule has 11 heteroatoms. The zero-order valence-electron chi connectivity index (χ0n) is 21.6. The normalized spacial score (nSPS) is 11.9. The molecule has 2 aromatic heterocycles. The van der Waals surface area contributed by atoms with Crippen LogP contribution in [-0.4, -0.2) is 53.0 Å². The summed E-state index contributed by atoms with van der Waals surface area (Å²) in [5.74, 6) is -0.694. The van der Waals surface area contributed by atoms with Crippen molar-refractivity contribution in [1.29, 1.82) is 0 Å². The van der Waals surface area contributed by atoms with Crippen LogP contribution >= 0.6 is 11.3 Å². The molecule has 0 atom stereocenters. The van der Waals surface area contributed by atoms with E-state index in [1.165, 1.54) is 44.8 Å². The molecular formula is C27H32FN5O3S2. The number of anilines is 1. The molecule has 1 amide bonds. The highest BCUT2D eigenvalue weighted by Crippen LogP contribution is 2.30. The van der Waals surface area contributed by atoms with Crippen molar-refractivity contribution in [3.8, 4) is 0 Å². The highest BCUT2D eigenvalue weighted by Gasteiger charge is 2.26. The molecule has 0 unspecified atom stereocenters. The Kier molecular flexibility index (Phi) is 9.24. The summed E-state index contributed by atoms with van der Waals surface area (Å²) in [6, 6.07) is 12.2. The maximum Gasteiger partial charge on any atom is 0.260 e. The van der Waals surface area contributed by atoms with Crippen molar-refractivity contribution in [1.82, 2.24) is 19.1 Å². The van der Waals surface area contributed by atoms with Crippen molar-refractivity contribution in [3.05, 3.63) is 72.3 Å². The Morgan fingerprint density at radius 3 is 2.37 bits per heavy atom. The van der Waals surface area contributed by atoms with Crippen LogP contribution in [0.15, 0.2) is 65.8 Å². The number of amides is 1. The van der Waals surface area contributed by atoms with Crippen molar-refractivity contribution < 1.29 is 17.6 Å². The second-order valence-corrected chi connectivity index (χ2v) is 11.9. The third-order valence-electron chi connectivity index (χ3n) is 6.19. The van der Waals surface area contributed by atoms with E-state index >= 15 is 0 Å². The molecule has 0 saturated carbocycles. The Morgan fingerprint density at radius 2 is 1.74 bits per heavy atom. The maximum absolute atomic E-state index is 13.8. The van der Waals surface area contributed by atoms with Crippen molar-refractivity contribution in [2.75, 3.05) is 24.5 Å². The monoisotopic (exact) mass is 557 g/mol. The van der Waals surface area contributed by atoms with Gasteiger partial charge in [-0.15, -0.1) is 0 Å². The fraction of sp³-hybridized carbons (Fsp3) is 0.370. The number of hydrogen-bond donors (Lipinski definition) is 0. The molecule has 4 aromatic rings. The molecular weight excluding hydrogens is 525 g/mol. The van der Waals surface area contributed by atoms with Crippen molar-refractivity contribution >= 4 is 42.6 Å². The predicted octanol–water partition coefficient (Wildman–Crippen LogP) is 5.57. The van der Waals surface area contributed by atoms with Crippen LogP contribution < -0.4 is 4.90 Å². The van der Waals surface area contributed by atoms with Gasteiger partial charge in [-0.05, 0) is 61.4 Å². The number of carbonyl (C=O) groups excluding carboxylic acids is 1. The number of sulfonamides is 1. The van der Waals surface area contributed by atoms with Crippen LogP contribution in [-0.2, 0) is 16.6 Å². The van der Waals surface area contributed by atoms with Gasteiger partial charge >= 0.3 is 0 Å². The average Bonchev–Trinajstić information content (AvgIpc) is 3.58. The predicted molar refractivity (Wildman–Crippen MR) is 148 cm³/mol. The molecule has 38 heavy (non-hydrogen) atoms. The van der Waals surface area contributed by atoms with E-state index in [2.05, 4.69) is 10.1 Å². The molecule has 4 rings (SSSR count). The largest absolute Gasteiger partial charge is 0.282 e. The number of rotatable bonds is 13. The fourth-order valence-corrected chi connectivity index (χ4v) is 6.55. The third-order valence-corrected chi connectivity index (χ3v) is 9.14. The molecule has 0 aliphatic carbocycles. The molecule has 0 aliphatic heterocycles. The number of unbranched alkanes of at least 4 members (excludes halogenated alkanes) is 2. The molecule has 0 spiro atoms. The Hall–Kier alpha value is -3.15. The summed E-state index contributed by atoms with van der Waals surface area (Å²) < 4.78 is 44.3. The van der Waals surface area contributed by atoms with Gasteiger partial charge in [0.2, 0.25) is 10.0 Å². The van der Waals surface area contributed by atoms with Gasteiger partial charge in [-0.25, -0.2) is 17.8 Å². The second-order valence-electron chi connectivity index (χ2n) is 8.97. The topological polar surface area (TPSA) is 88.4 Å². The number of aromatic nitrogens is 3. The zero-order valence-corrected chi connectivity index (χ0v) is 23.2. The minimum Gasteiger partial charge on any atom is -0.282 e. The first-order valence-electron chi connectivity index (χ1n) is 12.8. The van der Waals surface area contributed by atoms with Gasteiger partial charge in [-0.2, -0.15) is 9.40 Å². The Balaban J connectivity index is 1.61. The highest BCUT2D eigenvalue weighted by molar-refractivity contribution is 7.89. The van der Waals surface area contributed by atoms with Crippen LogP contribution in [0.1, 0.15) is 49.9 Å². The lowest BCUT2D eigenvalue weighted by atomic mass is 10.2. The van der Waals surface area contributed by atoms with E-state index in [4.69, 9.17) is 0 Å². The molecule has 0 radical (unpaired) electrons. The van der Waals surface area contributed by atoms with E-state index in [9.17, 15) is 17.6 Å². The molecule has 202 valence electrons. The SMILES string of the molecule is CCCCN(CCCC)S(=O)(=O)c1ccc(C(=O)N(CCn2cccn2)c2nc3ccc(F)cc3s2)cc1. The molecule has 8 nitrogen and oxygen atoms in total. The summed E-state index contributed by atoms with van der Waals surface area (Å²) in [5.41, 5.74) is 0.937. The summed E-state index contributed by atoms with van der Waals surface area (Å²) in [7, 11) is -3.67. The second kappa shape index (κ2) is 12.6. The molecule has 0 bridgehead atoms. The minimum atomic E-state index is -3.67. The number of halogens is 1. The van der Waals surface area contributed by atoms with E-state index < -0.39 is 10.0 Å². The number of nitrogens with zero attached hydrogens (tertiary/aromatic N) is 5. The number of hydrogen-bond acceptors (Lipinski definition) is 6. The molecule has 0 fully saturated rings. The van der Waals surface area contributed by atoms with Crippen LogP contribution in [0.4, 0.5) is 9.52 Å². The number of benzene rings is 2. The van der Waals surface area contributed by atoms with Gasteiger partial charge in [0.05, 0.1) is 21.7 Å². The van der Waals surface area contributed by atoms with E-state index in [-0.39, 0.29) is 23.2 Å². The van der Waals surface area contributed by atoms with Gasteiger partial charge in [0.15, 0.2) is 5.13 Å². The van der Waals surface area contributed by atoms with E-state index in [1.54, 1.807) is 41.3 Å². The molecule has 2 heterocycles. The van der Waals surface area contributed by atoms with Crippen LogP contribution in [0.3, 0.4) is 0 Å². The number of fused-ring (bicyclic) bond motifs is 1. The van der Waals surface area contributed by atoms with Gasteiger partial charge in [0.1, 0.15) is 5.82 Å².